The number of hydrogen-bond donors (Lipinski definition) is 1. The molecule has 1 N–H and O–H groups in total. The first-order valence-electron chi connectivity index (χ1n) is 7.37. The van der Waals surface area contributed by atoms with Gasteiger partial charge in [-0.25, -0.2) is 4.39 Å². The lowest BCUT2D eigenvalue weighted by molar-refractivity contribution is -0.140. The summed E-state index contributed by atoms with van der Waals surface area (Å²) >= 11 is 0. The fourth-order valence-corrected chi connectivity index (χ4v) is 3.13. The van der Waals surface area contributed by atoms with Crippen LogP contribution in [0.1, 0.15) is 56.3 Å². The molecule has 0 spiro atoms. The maximum Gasteiger partial charge on any atom is 0.419 e. The van der Waals surface area contributed by atoms with Crippen molar-refractivity contribution in [1.29, 1.82) is 0 Å². The first kappa shape index (κ1) is 16.3. The van der Waals surface area contributed by atoms with Crippen LogP contribution in [-0.2, 0) is 6.18 Å². The maximum atomic E-state index is 13.6. The van der Waals surface area contributed by atoms with Gasteiger partial charge in [0, 0.05) is 0 Å². The summed E-state index contributed by atoms with van der Waals surface area (Å²) in [5.74, 6) is -0.650. The maximum absolute atomic E-state index is 13.6. The van der Waals surface area contributed by atoms with Gasteiger partial charge in [-0.15, -0.1) is 0 Å². The molecule has 1 fully saturated rings. The van der Waals surface area contributed by atoms with Crippen LogP contribution in [0, 0.1) is 17.7 Å². The van der Waals surface area contributed by atoms with E-state index in [9.17, 15) is 22.7 Å². The largest absolute Gasteiger partial charge is 0.419 e. The minimum atomic E-state index is -4.70. The fraction of sp³-hybridized carbons (Fsp3) is 0.625. The molecule has 1 saturated carbocycles. The molecule has 0 bridgehead atoms. The van der Waals surface area contributed by atoms with Gasteiger partial charge in [0.2, 0.25) is 0 Å². The Hall–Kier alpha value is -1.10. The molecule has 0 saturated heterocycles. The molecule has 1 aliphatic carbocycles. The van der Waals surface area contributed by atoms with Crippen LogP contribution in [0.15, 0.2) is 18.2 Å². The van der Waals surface area contributed by atoms with Gasteiger partial charge in [0.05, 0.1) is 11.7 Å². The van der Waals surface area contributed by atoms with Crippen LogP contribution in [-0.4, -0.2) is 5.11 Å². The highest BCUT2D eigenvalue weighted by atomic mass is 19.4. The lowest BCUT2D eigenvalue weighted by Crippen LogP contribution is -2.20. The molecular weight excluding hydrogens is 284 g/mol. The summed E-state index contributed by atoms with van der Waals surface area (Å²) in [4.78, 5) is 0. The summed E-state index contributed by atoms with van der Waals surface area (Å²) in [6.07, 6.45) is -0.780. The molecule has 1 aromatic carbocycles. The highest BCUT2D eigenvalue weighted by molar-refractivity contribution is 5.28. The lowest BCUT2D eigenvalue weighted by Gasteiger charge is -2.31. The van der Waals surface area contributed by atoms with Crippen LogP contribution >= 0.6 is 0 Å². The SMILES string of the molecule is CCC1CCC(C(O)c2ccc(C(F)(F)F)c(F)c2)CC1. The van der Waals surface area contributed by atoms with Crippen LogP contribution in [0.2, 0.25) is 0 Å². The summed E-state index contributed by atoms with van der Waals surface area (Å²) in [7, 11) is 0. The second-order valence-electron chi connectivity index (χ2n) is 5.87. The third kappa shape index (κ3) is 3.76. The normalized spacial score (nSPS) is 24.9. The summed E-state index contributed by atoms with van der Waals surface area (Å²) < 4.78 is 51.1. The van der Waals surface area contributed by atoms with Gasteiger partial charge in [-0.2, -0.15) is 13.2 Å². The Balaban J connectivity index is 2.10. The minimum Gasteiger partial charge on any atom is -0.388 e. The standard InChI is InChI=1S/C16H20F4O/c1-2-10-3-5-11(6-4-10)15(21)12-7-8-13(14(17)9-12)16(18,19)20/h7-11,15,21H,2-6H2,1H3. The van der Waals surface area contributed by atoms with E-state index in [2.05, 4.69) is 6.92 Å². The molecule has 5 heteroatoms. The number of alkyl halides is 3. The van der Waals surface area contributed by atoms with E-state index in [0.717, 1.165) is 38.2 Å². The fourth-order valence-electron chi connectivity index (χ4n) is 3.13. The number of halogens is 4. The van der Waals surface area contributed by atoms with Gasteiger partial charge in [0.1, 0.15) is 5.82 Å². The average molecular weight is 304 g/mol. The first-order valence-corrected chi connectivity index (χ1v) is 7.37. The molecule has 0 aromatic heterocycles. The van der Waals surface area contributed by atoms with Gasteiger partial charge in [0.15, 0.2) is 0 Å². The van der Waals surface area contributed by atoms with Gasteiger partial charge in [0.25, 0.3) is 0 Å². The smallest absolute Gasteiger partial charge is 0.388 e. The molecule has 1 nitrogen and oxygen atoms in total. The molecule has 0 radical (unpaired) electrons. The zero-order valence-corrected chi connectivity index (χ0v) is 12.0. The summed E-state index contributed by atoms with van der Waals surface area (Å²) in [5, 5.41) is 10.3. The topological polar surface area (TPSA) is 20.2 Å². The van der Waals surface area contributed by atoms with E-state index >= 15 is 0 Å². The molecule has 1 aromatic rings. The van der Waals surface area contributed by atoms with Crippen LogP contribution < -0.4 is 0 Å². The van der Waals surface area contributed by atoms with E-state index < -0.39 is 23.7 Å². The molecule has 0 amide bonds. The monoisotopic (exact) mass is 304 g/mol. The van der Waals surface area contributed by atoms with Crippen molar-refractivity contribution in [2.75, 3.05) is 0 Å². The molecule has 1 atom stereocenters. The van der Waals surface area contributed by atoms with Crippen LogP contribution in [0.25, 0.3) is 0 Å². The van der Waals surface area contributed by atoms with Gasteiger partial charge >= 0.3 is 6.18 Å². The highest BCUT2D eigenvalue weighted by Crippen LogP contribution is 2.39. The van der Waals surface area contributed by atoms with Crippen molar-refractivity contribution in [3.63, 3.8) is 0 Å². The van der Waals surface area contributed by atoms with Gasteiger partial charge in [-0.3, -0.25) is 0 Å². The third-order valence-corrected chi connectivity index (χ3v) is 4.56. The van der Waals surface area contributed by atoms with Crippen molar-refractivity contribution in [3.05, 3.63) is 35.1 Å². The zero-order chi connectivity index (χ0) is 15.6. The Kier molecular flexibility index (Phi) is 4.91. The van der Waals surface area contributed by atoms with Gasteiger partial charge in [-0.1, -0.05) is 32.3 Å². The summed E-state index contributed by atoms with van der Waals surface area (Å²) in [5.41, 5.74) is -1.05. The van der Waals surface area contributed by atoms with Crippen molar-refractivity contribution in [2.24, 2.45) is 11.8 Å². The second kappa shape index (κ2) is 6.34. The minimum absolute atomic E-state index is 0.00365. The Bertz CT molecular complexity index is 476. The molecule has 21 heavy (non-hydrogen) atoms. The molecule has 1 unspecified atom stereocenters. The second-order valence-corrected chi connectivity index (χ2v) is 5.87. The first-order chi connectivity index (χ1) is 9.82. The molecule has 0 heterocycles. The van der Waals surface area contributed by atoms with E-state index in [1.807, 2.05) is 0 Å². The predicted molar refractivity (Wildman–Crippen MR) is 72.1 cm³/mol. The average Bonchev–Trinajstić information content (AvgIpc) is 2.45. The Morgan fingerprint density at radius 3 is 2.29 bits per heavy atom. The number of aliphatic hydroxyl groups excluding tert-OH is 1. The molecule has 1 aliphatic rings. The lowest BCUT2D eigenvalue weighted by atomic mass is 9.77. The van der Waals surface area contributed by atoms with E-state index in [-0.39, 0.29) is 11.5 Å². The zero-order valence-electron chi connectivity index (χ0n) is 12.0. The van der Waals surface area contributed by atoms with Crippen molar-refractivity contribution < 1.29 is 22.7 Å². The Morgan fingerprint density at radius 1 is 1.19 bits per heavy atom. The van der Waals surface area contributed by atoms with Crippen LogP contribution in [0.5, 0.6) is 0 Å². The molecular formula is C16H20F4O. The van der Waals surface area contributed by atoms with E-state index in [1.165, 1.54) is 6.07 Å². The van der Waals surface area contributed by atoms with Crippen LogP contribution in [0.3, 0.4) is 0 Å². The van der Waals surface area contributed by atoms with Crippen molar-refractivity contribution >= 4 is 0 Å². The van der Waals surface area contributed by atoms with Crippen LogP contribution in [0.4, 0.5) is 17.6 Å². The number of aliphatic hydroxyl groups is 1. The number of rotatable bonds is 3. The Morgan fingerprint density at radius 2 is 1.81 bits per heavy atom. The highest BCUT2D eigenvalue weighted by Gasteiger charge is 2.35. The van der Waals surface area contributed by atoms with Crippen molar-refractivity contribution in [1.82, 2.24) is 0 Å². The molecule has 2 rings (SSSR count). The molecule has 0 aliphatic heterocycles. The number of benzene rings is 1. The van der Waals surface area contributed by atoms with E-state index in [1.54, 1.807) is 0 Å². The quantitative estimate of drug-likeness (QED) is 0.771. The predicted octanol–water partition coefficient (Wildman–Crippen LogP) is 5.09. The van der Waals surface area contributed by atoms with E-state index in [4.69, 9.17) is 0 Å². The van der Waals surface area contributed by atoms with Crippen molar-refractivity contribution in [3.8, 4) is 0 Å². The Labute approximate surface area is 122 Å². The summed E-state index contributed by atoms with van der Waals surface area (Å²) in [6, 6.07) is 2.72. The van der Waals surface area contributed by atoms with Gasteiger partial charge in [-0.05, 0) is 42.4 Å². The van der Waals surface area contributed by atoms with E-state index in [0.29, 0.717) is 12.0 Å². The summed E-state index contributed by atoms with van der Waals surface area (Å²) in [6.45, 7) is 2.13. The van der Waals surface area contributed by atoms with Crippen molar-refractivity contribution in [2.45, 2.75) is 51.3 Å². The number of hydrogen-bond acceptors (Lipinski definition) is 1. The molecule has 118 valence electrons. The van der Waals surface area contributed by atoms with Gasteiger partial charge < -0.3 is 5.11 Å². The third-order valence-electron chi connectivity index (χ3n) is 4.56.